The van der Waals surface area contributed by atoms with Gasteiger partial charge in [0.25, 0.3) is 0 Å². The van der Waals surface area contributed by atoms with Gasteiger partial charge >= 0.3 is 0 Å². The number of carbonyl (C=O) groups is 2. The third-order valence-corrected chi connectivity index (χ3v) is 6.97. The Morgan fingerprint density at radius 2 is 1.70 bits per heavy atom. The van der Waals surface area contributed by atoms with E-state index in [0.29, 0.717) is 35.7 Å². The molecule has 1 unspecified atom stereocenters. The Balaban J connectivity index is 1.46. The molecule has 2 atom stereocenters. The van der Waals surface area contributed by atoms with Crippen LogP contribution in [0.2, 0.25) is 0 Å². The molecule has 0 aromatic heterocycles. The number of ether oxygens (including phenoxy) is 2. The van der Waals surface area contributed by atoms with Crippen LogP contribution in [0, 0.1) is 5.92 Å². The predicted octanol–water partition coefficient (Wildman–Crippen LogP) is 6.09. The molecule has 3 aromatic rings. The molecule has 1 aliphatic carbocycles. The van der Waals surface area contributed by atoms with E-state index in [1.54, 1.807) is 19.2 Å². The topological polar surface area (TPSA) is 77.0 Å². The number of carbonyl (C=O) groups excluding carboxylic acids is 2. The predicted molar refractivity (Wildman–Crippen MR) is 144 cm³/mol. The number of anilines is 1. The van der Waals surface area contributed by atoms with Crippen LogP contribution in [-0.4, -0.2) is 24.5 Å². The first-order valence-electron chi connectivity index (χ1n) is 12.6. The molecule has 0 bridgehead atoms. The number of Topliss-reactive ketones (excluding diaryl/α,β-unsaturated/α-hetero) is 1. The fourth-order valence-corrected chi connectivity index (χ4v) is 5.18. The van der Waals surface area contributed by atoms with Crippen LogP contribution in [-0.2, 0) is 16.2 Å². The smallest absolute Gasteiger partial charge is 0.234 e. The van der Waals surface area contributed by atoms with E-state index in [1.807, 2.05) is 73.7 Å². The second-order valence-electron chi connectivity index (χ2n) is 9.38. The van der Waals surface area contributed by atoms with E-state index in [0.717, 1.165) is 35.4 Å². The number of methoxy groups -OCH3 is 1. The van der Waals surface area contributed by atoms with Gasteiger partial charge in [-0.05, 0) is 55.2 Å². The van der Waals surface area contributed by atoms with Gasteiger partial charge in [0.2, 0.25) is 5.91 Å². The van der Waals surface area contributed by atoms with Gasteiger partial charge in [0.05, 0.1) is 18.7 Å². The van der Waals surface area contributed by atoms with Crippen LogP contribution in [0.1, 0.15) is 43.2 Å². The van der Waals surface area contributed by atoms with Gasteiger partial charge in [0.1, 0.15) is 18.1 Å². The number of nitrogens with zero attached hydrogens (tertiary/aromatic N) is 1. The number of benzene rings is 3. The minimum absolute atomic E-state index is 0.0713. The molecule has 1 heterocycles. The molecule has 1 amide bonds. The summed E-state index contributed by atoms with van der Waals surface area (Å²) in [4.78, 5) is 31.7. The van der Waals surface area contributed by atoms with Crippen LogP contribution in [0.15, 0.2) is 95.1 Å². The standard InChI is InChI=1S/C31H30N2O4/c1-20-28(31(35)33-24-11-6-7-14-27(24)36-2)29(30-25(32-20)12-8-13-26(30)34)22-15-17-23(18-16-22)37-19-21-9-4-3-5-10-21/h3-7,9-11,14-18,28-29H,8,12-13,19H2,1-2H3,(H,33,35)/t28?,29-/m0/s1. The number of ketones is 1. The second-order valence-corrected chi connectivity index (χ2v) is 9.38. The van der Waals surface area contributed by atoms with E-state index >= 15 is 0 Å². The highest BCUT2D eigenvalue weighted by atomic mass is 16.5. The highest BCUT2D eigenvalue weighted by molar-refractivity contribution is 6.13. The summed E-state index contributed by atoms with van der Waals surface area (Å²) >= 11 is 0. The maximum Gasteiger partial charge on any atom is 0.234 e. The van der Waals surface area contributed by atoms with Gasteiger partial charge < -0.3 is 14.8 Å². The molecular formula is C31H30N2O4. The summed E-state index contributed by atoms with van der Waals surface area (Å²) in [6.45, 7) is 2.34. The van der Waals surface area contributed by atoms with Crippen LogP contribution < -0.4 is 14.8 Å². The van der Waals surface area contributed by atoms with Crippen LogP contribution in [0.3, 0.4) is 0 Å². The Morgan fingerprint density at radius 1 is 0.973 bits per heavy atom. The molecule has 5 rings (SSSR count). The minimum Gasteiger partial charge on any atom is -0.495 e. The normalized spacial score (nSPS) is 19.1. The number of para-hydroxylation sites is 2. The van der Waals surface area contributed by atoms with E-state index < -0.39 is 11.8 Å². The van der Waals surface area contributed by atoms with Crippen LogP contribution in [0.5, 0.6) is 11.5 Å². The lowest BCUT2D eigenvalue weighted by atomic mass is 9.71. The van der Waals surface area contributed by atoms with Crippen molar-refractivity contribution in [2.75, 3.05) is 12.4 Å². The molecular weight excluding hydrogens is 464 g/mol. The van der Waals surface area contributed by atoms with Gasteiger partial charge in [0.15, 0.2) is 5.78 Å². The third-order valence-electron chi connectivity index (χ3n) is 6.97. The lowest BCUT2D eigenvalue weighted by Crippen LogP contribution is -2.39. The van der Waals surface area contributed by atoms with E-state index in [9.17, 15) is 9.59 Å². The zero-order chi connectivity index (χ0) is 25.8. The first-order chi connectivity index (χ1) is 18.0. The van der Waals surface area contributed by atoms with Crippen molar-refractivity contribution in [2.45, 2.75) is 38.7 Å². The number of hydrogen-bond donors (Lipinski definition) is 1. The number of allylic oxidation sites excluding steroid dienone is 2. The molecule has 3 aromatic carbocycles. The van der Waals surface area contributed by atoms with Crippen molar-refractivity contribution in [1.29, 1.82) is 0 Å². The Bertz CT molecular complexity index is 1360. The van der Waals surface area contributed by atoms with Crippen molar-refractivity contribution in [3.63, 3.8) is 0 Å². The van der Waals surface area contributed by atoms with Crippen molar-refractivity contribution in [3.05, 3.63) is 101 Å². The molecule has 37 heavy (non-hydrogen) atoms. The van der Waals surface area contributed by atoms with E-state index in [-0.39, 0.29) is 11.7 Å². The lowest BCUT2D eigenvalue weighted by molar-refractivity contribution is -0.119. The molecule has 0 radical (unpaired) electrons. The number of rotatable bonds is 7. The summed E-state index contributed by atoms with van der Waals surface area (Å²) in [7, 11) is 1.57. The van der Waals surface area contributed by atoms with Crippen LogP contribution in [0.4, 0.5) is 5.69 Å². The van der Waals surface area contributed by atoms with Crippen LogP contribution >= 0.6 is 0 Å². The summed E-state index contributed by atoms with van der Waals surface area (Å²) in [6, 6.07) is 25.0. The molecule has 1 N–H and O–H groups in total. The zero-order valence-corrected chi connectivity index (χ0v) is 21.1. The number of hydrogen-bond acceptors (Lipinski definition) is 5. The average molecular weight is 495 g/mol. The summed E-state index contributed by atoms with van der Waals surface area (Å²) in [5.41, 5.74) is 4.74. The highest BCUT2D eigenvalue weighted by Crippen LogP contribution is 2.44. The monoisotopic (exact) mass is 494 g/mol. The Hall–Kier alpha value is -4.19. The number of nitrogens with one attached hydrogen (secondary N) is 1. The van der Waals surface area contributed by atoms with Crippen molar-refractivity contribution in [1.82, 2.24) is 0 Å². The SMILES string of the molecule is COc1ccccc1NC(=O)C1C(C)=NC2=C(C(=O)CCC2)[C@H]1c1ccc(OCc2ccccc2)cc1. The minimum atomic E-state index is -0.623. The molecule has 0 spiro atoms. The Kier molecular flexibility index (Phi) is 7.17. The van der Waals surface area contributed by atoms with Crippen molar-refractivity contribution in [2.24, 2.45) is 10.9 Å². The maximum atomic E-state index is 13.7. The first-order valence-corrected chi connectivity index (χ1v) is 12.6. The summed E-state index contributed by atoms with van der Waals surface area (Å²) < 4.78 is 11.4. The van der Waals surface area contributed by atoms with Gasteiger partial charge in [-0.15, -0.1) is 0 Å². The third kappa shape index (κ3) is 5.19. The maximum absolute atomic E-state index is 13.7. The first kappa shape index (κ1) is 24.5. The fraction of sp³-hybridized carbons (Fsp3) is 0.258. The zero-order valence-electron chi connectivity index (χ0n) is 21.1. The Morgan fingerprint density at radius 3 is 2.46 bits per heavy atom. The van der Waals surface area contributed by atoms with Crippen molar-refractivity contribution < 1.29 is 19.1 Å². The van der Waals surface area contributed by atoms with Crippen molar-refractivity contribution in [3.8, 4) is 11.5 Å². The number of aliphatic imine (C=N–C) groups is 1. The fourth-order valence-electron chi connectivity index (χ4n) is 5.18. The summed E-state index contributed by atoms with van der Waals surface area (Å²) in [5.74, 6) is 0.117. The Labute approximate surface area is 217 Å². The molecule has 0 saturated heterocycles. The highest BCUT2D eigenvalue weighted by Gasteiger charge is 2.42. The second kappa shape index (κ2) is 10.8. The largest absolute Gasteiger partial charge is 0.495 e. The number of amides is 1. The molecule has 2 aliphatic rings. The van der Waals surface area contributed by atoms with Gasteiger partial charge in [-0.1, -0.05) is 54.6 Å². The molecule has 0 fully saturated rings. The quantitative estimate of drug-likeness (QED) is 0.431. The average Bonchev–Trinajstić information content (AvgIpc) is 2.92. The molecule has 0 saturated carbocycles. The lowest BCUT2D eigenvalue weighted by Gasteiger charge is -2.35. The summed E-state index contributed by atoms with van der Waals surface area (Å²) in [6.07, 6.45) is 2.00. The molecule has 6 heteroatoms. The van der Waals surface area contributed by atoms with Gasteiger partial charge in [-0.2, -0.15) is 0 Å². The van der Waals surface area contributed by atoms with E-state index in [1.165, 1.54) is 0 Å². The van der Waals surface area contributed by atoms with Gasteiger partial charge in [0, 0.05) is 29.3 Å². The van der Waals surface area contributed by atoms with Crippen molar-refractivity contribution >= 4 is 23.1 Å². The molecule has 1 aliphatic heterocycles. The van der Waals surface area contributed by atoms with Crippen LogP contribution in [0.25, 0.3) is 0 Å². The van der Waals surface area contributed by atoms with E-state index in [2.05, 4.69) is 5.32 Å². The molecule has 188 valence electrons. The van der Waals surface area contributed by atoms with Gasteiger partial charge in [-0.3, -0.25) is 14.6 Å². The summed E-state index contributed by atoms with van der Waals surface area (Å²) in [5, 5.41) is 3.02. The van der Waals surface area contributed by atoms with Gasteiger partial charge in [-0.25, -0.2) is 0 Å². The molecule has 6 nitrogen and oxygen atoms in total. The van der Waals surface area contributed by atoms with E-state index in [4.69, 9.17) is 14.5 Å².